The highest BCUT2D eigenvalue weighted by Gasteiger charge is 2.22. The van der Waals surface area contributed by atoms with Crippen LogP contribution >= 0.6 is 22.6 Å². The summed E-state index contributed by atoms with van der Waals surface area (Å²) in [7, 11) is -2.79. The molecule has 30 heavy (non-hydrogen) atoms. The van der Waals surface area contributed by atoms with E-state index < -0.39 is 39.6 Å². The molecular weight excluding hydrogens is 536 g/mol. The summed E-state index contributed by atoms with van der Waals surface area (Å²) in [4.78, 5) is 0. The number of nitrogens with two attached hydrogens (primary N) is 2. The summed E-state index contributed by atoms with van der Waals surface area (Å²) in [5, 5.41) is 5.16. The largest absolute Gasteiger partial charge is 0.349 e. The van der Waals surface area contributed by atoms with Gasteiger partial charge in [0, 0.05) is 17.2 Å². The normalized spacial score (nSPS) is 11.9. The molecule has 166 valence electrons. The first-order chi connectivity index (χ1) is 14.0. The molecule has 0 radical (unpaired) electrons. The van der Waals surface area contributed by atoms with Crippen LogP contribution in [0.15, 0.2) is 30.3 Å². The second kappa shape index (κ2) is 10.6. The molecule has 0 aliphatic carbocycles. The van der Waals surface area contributed by atoms with Crippen LogP contribution in [0.5, 0.6) is 0 Å². The Labute approximate surface area is 186 Å². The van der Waals surface area contributed by atoms with Crippen molar-refractivity contribution in [3.05, 3.63) is 51.4 Å². The number of hydrogen-bond donors (Lipinski definition) is 5. The molecule has 0 fully saturated rings. The zero-order valence-corrected chi connectivity index (χ0v) is 18.9. The molecule has 0 saturated heterocycles. The van der Waals surface area contributed by atoms with Crippen LogP contribution in [0.4, 0.5) is 30.2 Å². The topological polar surface area (TPSA) is 126 Å². The Hall–Kier alpha value is -1.65. The maximum Gasteiger partial charge on any atom is 0.301 e. The molecule has 0 unspecified atom stereocenters. The van der Waals surface area contributed by atoms with Crippen LogP contribution in [-0.4, -0.2) is 39.1 Å². The van der Waals surface area contributed by atoms with E-state index in [2.05, 4.69) is 15.4 Å². The number of nitrogens with zero attached hydrogens (tertiary/aromatic N) is 1. The molecule has 0 bridgehead atoms. The van der Waals surface area contributed by atoms with Crippen LogP contribution < -0.4 is 26.8 Å². The second-order valence-electron chi connectivity index (χ2n) is 6.30. The van der Waals surface area contributed by atoms with Crippen molar-refractivity contribution in [1.29, 1.82) is 0 Å². The Balaban J connectivity index is 2.23. The van der Waals surface area contributed by atoms with Crippen molar-refractivity contribution in [3.63, 3.8) is 0 Å². The first-order valence-electron chi connectivity index (χ1n) is 8.70. The quantitative estimate of drug-likeness (QED) is 0.173. The Morgan fingerprint density at radius 1 is 1.10 bits per heavy atom. The van der Waals surface area contributed by atoms with Gasteiger partial charge < -0.3 is 16.8 Å². The van der Waals surface area contributed by atoms with Crippen molar-refractivity contribution < 1.29 is 21.6 Å². The minimum absolute atomic E-state index is 0.104. The molecule has 0 aromatic heterocycles. The van der Waals surface area contributed by atoms with E-state index in [1.54, 1.807) is 6.07 Å². The summed E-state index contributed by atoms with van der Waals surface area (Å²) < 4.78 is 71.2. The van der Waals surface area contributed by atoms with Gasteiger partial charge in [0.1, 0.15) is 17.8 Å². The minimum atomic E-state index is -4.11. The lowest BCUT2D eigenvalue weighted by Gasteiger charge is -2.21. The maximum absolute atomic E-state index is 14.4. The third kappa shape index (κ3) is 6.68. The first-order valence-corrected chi connectivity index (χ1v) is 11.2. The average molecular weight is 558 g/mol. The number of hydrogen-bond acceptors (Lipinski definition) is 6. The lowest BCUT2D eigenvalue weighted by Crippen LogP contribution is -2.46. The summed E-state index contributed by atoms with van der Waals surface area (Å²) >= 11 is 1.90. The van der Waals surface area contributed by atoms with Gasteiger partial charge in [0.2, 0.25) is 0 Å². The first kappa shape index (κ1) is 24.6. The van der Waals surface area contributed by atoms with Gasteiger partial charge in [0.05, 0.1) is 11.4 Å². The number of nitrogens with one attached hydrogen (secondary N) is 3. The van der Waals surface area contributed by atoms with Gasteiger partial charge in [-0.25, -0.2) is 13.2 Å². The predicted octanol–water partition coefficient (Wildman–Crippen LogP) is 2.22. The van der Waals surface area contributed by atoms with E-state index >= 15 is 0 Å². The molecule has 0 spiro atoms. The van der Waals surface area contributed by atoms with E-state index in [0.29, 0.717) is 16.5 Å². The lowest BCUT2D eigenvalue weighted by molar-refractivity contribution is 0.445. The highest BCUT2D eigenvalue weighted by molar-refractivity contribution is 14.1. The van der Waals surface area contributed by atoms with Gasteiger partial charge in [-0.1, -0.05) is 0 Å². The molecule has 2 aromatic carbocycles. The summed E-state index contributed by atoms with van der Waals surface area (Å²) in [5.41, 5.74) is 9.73. The van der Waals surface area contributed by atoms with Gasteiger partial charge in [-0.2, -0.15) is 12.7 Å². The minimum Gasteiger partial charge on any atom is -0.349 e. The van der Waals surface area contributed by atoms with E-state index in [9.17, 15) is 21.6 Å². The lowest BCUT2D eigenvalue weighted by atomic mass is 10.2. The summed E-state index contributed by atoms with van der Waals surface area (Å²) in [6.07, 6.45) is -0.318. The third-order valence-electron chi connectivity index (χ3n) is 3.96. The van der Waals surface area contributed by atoms with Crippen LogP contribution in [0.25, 0.3) is 0 Å². The van der Waals surface area contributed by atoms with E-state index in [1.165, 1.54) is 19.2 Å². The molecule has 0 aliphatic rings. The van der Waals surface area contributed by atoms with Gasteiger partial charge in [-0.05, 0) is 65.9 Å². The average Bonchev–Trinajstić information content (AvgIpc) is 2.66. The Bertz CT molecular complexity index is 994. The summed E-state index contributed by atoms with van der Waals surface area (Å²) in [6, 6.07) is 5.91. The number of rotatable bonds is 10. The Kier molecular flexibility index (Phi) is 8.69. The fraction of sp³-hybridized carbons (Fsp3) is 0.294. The molecule has 13 heteroatoms. The van der Waals surface area contributed by atoms with Crippen molar-refractivity contribution in [2.45, 2.75) is 12.7 Å². The standard InChI is InChI=1S/C17H22F3IN6O2S/c1-27(8-2-7-24-17(22)23)30(28,29)26-14-6-4-11(18)15(20)16(14)25-13-5-3-10(21)9-12(13)19/h3-6,9,17,24-26H,2,7-8,22-23H2,1H3. The van der Waals surface area contributed by atoms with E-state index in [4.69, 9.17) is 11.5 Å². The monoisotopic (exact) mass is 558 g/mol. The van der Waals surface area contributed by atoms with Gasteiger partial charge in [0.25, 0.3) is 0 Å². The van der Waals surface area contributed by atoms with Crippen molar-refractivity contribution >= 4 is 49.9 Å². The van der Waals surface area contributed by atoms with E-state index in [0.717, 1.165) is 16.4 Å². The van der Waals surface area contributed by atoms with Crippen LogP contribution in [0.3, 0.4) is 0 Å². The van der Waals surface area contributed by atoms with E-state index in [-0.39, 0.29) is 17.9 Å². The maximum atomic E-state index is 14.4. The molecule has 0 saturated carbocycles. The summed E-state index contributed by atoms with van der Waals surface area (Å²) in [5.74, 6) is -3.28. The van der Waals surface area contributed by atoms with Gasteiger partial charge >= 0.3 is 10.2 Å². The van der Waals surface area contributed by atoms with Gasteiger partial charge in [-0.15, -0.1) is 0 Å². The molecule has 2 rings (SSSR count). The Morgan fingerprint density at radius 3 is 2.40 bits per heavy atom. The van der Waals surface area contributed by atoms with Crippen molar-refractivity contribution in [2.75, 3.05) is 30.2 Å². The smallest absolute Gasteiger partial charge is 0.301 e. The molecule has 7 N–H and O–H groups in total. The second-order valence-corrected chi connectivity index (χ2v) is 9.32. The molecule has 0 amide bonds. The van der Waals surface area contributed by atoms with E-state index in [1.807, 2.05) is 22.6 Å². The molecule has 2 aromatic rings. The molecular formula is C17H22F3IN6O2S. The highest BCUT2D eigenvalue weighted by atomic mass is 127. The van der Waals surface area contributed by atoms with Gasteiger partial charge in [0.15, 0.2) is 11.6 Å². The van der Waals surface area contributed by atoms with Crippen LogP contribution in [-0.2, 0) is 10.2 Å². The predicted molar refractivity (Wildman–Crippen MR) is 119 cm³/mol. The molecule has 8 nitrogen and oxygen atoms in total. The zero-order valence-electron chi connectivity index (χ0n) is 15.9. The molecule has 0 heterocycles. The number of halogens is 4. The zero-order chi connectivity index (χ0) is 22.5. The third-order valence-corrected chi connectivity index (χ3v) is 6.12. The summed E-state index contributed by atoms with van der Waals surface area (Å²) in [6.45, 7) is 0.481. The fourth-order valence-corrected chi connectivity index (χ4v) is 3.82. The van der Waals surface area contributed by atoms with Crippen molar-refractivity contribution in [1.82, 2.24) is 9.62 Å². The van der Waals surface area contributed by atoms with Crippen molar-refractivity contribution in [2.24, 2.45) is 11.5 Å². The number of benzene rings is 2. The van der Waals surface area contributed by atoms with Crippen molar-refractivity contribution in [3.8, 4) is 0 Å². The Morgan fingerprint density at radius 2 is 1.77 bits per heavy atom. The van der Waals surface area contributed by atoms with Crippen LogP contribution in [0, 0.1) is 21.0 Å². The van der Waals surface area contributed by atoms with Gasteiger partial charge in [-0.3, -0.25) is 10.0 Å². The fourth-order valence-electron chi connectivity index (χ4n) is 2.39. The van der Waals surface area contributed by atoms with Crippen LogP contribution in [0.2, 0.25) is 0 Å². The number of anilines is 3. The molecule has 0 aliphatic heterocycles. The highest BCUT2D eigenvalue weighted by Crippen LogP contribution is 2.32. The SMILES string of the molecule is CN(CCCNC(N)N)S(=O)(=O)Nc1ccc(F)c(F)c1Nc1ccc(I)cc1F. The van der Waals surface area contributed by atoms with Crippen LogP contribution in [0.1, 0.15) is 6.42 Å². The molecule has 0 atom stereocenters.